The van der Waals surface area contributed by atoms with Crippen LogP contribution in [0.1, 0.15) is 0 Å². The summed E-state index contributed by atoms with van der Waals surface area (Å²) in [6.07, 6.45) is 0. The molecule has 0 radical (unpaired) electrons. The molecular formula is C38H22N2. The topological polar surface area (TPSA) is 17.2 Å². The first-order chi connectivity index (χ1) is 19.8. The summed E-state index contributed by atoms with van der Waals surface area (Å²) in [4.78, 5) is 8.83. The molecule has 0 amide bonds. The van der Waals surface area contributed by atoms with Crippen molar-refractivity contribution in [2.24, 2.45) is 0 Å². The van der Waals surface area contributed by atoms with Gasteiger partial charge in [-0.15, -0.1) is 0 Å². The van der Waals surface area contributed by atoms with Gasteiger partial charge in [-0.05, 0) is 61.6 Å². The molecule has 1 heterocycles. The van der Waals surface area contributed by atoms with Gasteiger partial charge in [0.25, 0.3) is 0 Å². The highest BCUT2D eigenvalue weighted by atomic mass is 14.7. The molecule has 2 heteroatoms. The van der Waals surface area contributed by atoms with Gasteiger partial charge in [-0.1, -0.05) is 115 Å². The fraction of sp³-hybridized carbons (Fsp3) is 0. The van der Waals surface area contributed by atoms with Crippen molar-refractivity contribution < 1.29 is 0 Å². The average molecular weight is 507 g/mol. The molecule has 7 aromatic carbocycles. The van der Waals surface area contributed by atoms with E-state index >= 15 is 0 Å². The van der Waals surface area contributed by atoms with E-state index in [1.807, 2.05) is 18.2 Å². The number of benzene rings is 7. The van der Waals surface area contributed by atoms with Gasteiger partial charge in [0.05, 0.1) is 17.8 Å². The molecule has 0 unspecified atom stereocenters. The van der Waals surface area contributed by atoms with Crippen molar-refractivity contribution in [3.63, 3.8) is 0 Å². The van der Waals surface area contributed by atoms with Gasteiger partial charge in [0, 0.05) is 21.7 Å². The Morgan fingerprint density at radius 3 is 1.73 bits per heavy atom. The highest BCUT2D eigenvalue weighted by Crippen LogP contribution is 2.42. The van der Waals surface area contributed by atoms with E-state index in [-0.39, 0.29) is 0 Å². The Morgan fingerprint density at radius 2 is 1.00 bits per heavy atom. The van der Waals surface area contributed by atoms with Crippen LogP contribution in [-0.4, -0.2) is 4.98 Å². The largest absolute Gasteiger partial charge is 0.247 e. The zero-order chi connectivity index (χ0) is 26.6. The van der Waals surface area contributed by atoms with Crippen LogP contribution >= 0.6 is 0 Å². The molecule has 184 valence electrons. The van der Waals surface area contributed by atoms with E-state index in [9.17, 15) is 0 Å². The van der Waals surface area contributed by atoms with Crippen LogP contribution in [0, 0.1) is 6.57 Å². The molecule has 0 saturated heterocycles. The first-order valence-corrected chi connectivity index (χ1v) is 13.4. The first kappa shape index (κ1) is 22.5. The van der Waals surface area contributed by atoms with Crippen molar-refractivity contribution in [2.45, 2.75) is 0 Å². The maximum atomic E-state index is 7.29. The number of hydrogen-bond acceptors (Lipinski definition) is 1. The van der Waals surface area contributed by atoms with Crippen molar-refractivity contribution in [1.82, 2.24) is 4.98 Å². The molecule has 0 saturated carbocycles. The van der Waals surface area contributed by atoms with E-state index in [1.165, 1.54) is 37.7 Å². The Morgan fingerprint density at radius 1 is 0.450 bits per heavy atom. The first-order valence-electron chi connectivity index (χ1n) is 13.4. The lowest BCUT2D eigenvalue weighted by atomic mass is 9.89. The molecule has 0 atom stereocenters. The van der Waals surface area contributed by atoms with E-state index in [0.717, 1.165) is 38.7 Å². The molecule has 0 spiro atoms. The lowest BCUT2D eigenvalue weighted by Gasteiger charge is -2.16. The molecule has 2 nitrogen and oxygen atoms in total. The summed E-state index contributed by atoms with van der Waals surface area (Å²) >= 11 is 0. The van der Waals surface area contributed by atoms with E-state index in [2.05, 4.69) is 120 Å². The molecule has 0 bridgehead atoms. The molecule has 1 aromatic heterocycles. The minimum atomic E-state index is 0.667. The van der Waals surface area contributed by atoms with Crippen LogP contribution in [0.2, 0.25) is 0 Å². The summed E-state index contributed by atoms with van der Waals surface area (Å²) in [5.74, 6) is 0. The third-order valence-electron chi connectivity index (χ3n) is 8.02. The second-order valence-corrected chi connectivity index (χ2v) is 10.3. The fourth-order valence-electron chi connectivity index (χ4n) is 6.14. The van der Waals surface area contributed by atoms with Crippen molar-refractivity contribution in [3.05, 3.63) is 145 Å². The van der Waals surface area contributed by atoms with Gasteiger partial charge >= 0.3 is 0 Å². The molecule has 0 fully saturated rings. The second kappa shape index (κ2) is 8.76. The number of pyridine rings is 1. The number of hydrogen-bond donors (Lipinski definition) is 0. The molecule has 0 aliphatic heterocycles. The average Bonchev–Trinajstić information content (AvgIpc) is 3.03. The molecule has 0 N–H and O–H groups in total. The van der Waals surface area contributed by atoms with Crippen LogP contribution in [0.15, 0.2) is 133 Å². The predicted octanol–water partition coefficient (Wildman–Crippen LogP) is 10.7. The van der Waals surface area contributed by atoms with Gasteiger partial charge in [-0.2, -0.15) is 0 Å². The van der Waals surface area contributed by atoms with Crippen LogP contribution in [0.25, 0.3) is 81.2 Å². The van der Waals surface area contributed by atoms with Crippen LogP contribution in [0.5, 0.6) is 0 Å². The molecule has 8 rings (SSSR count). The second-order valence-electron chi connectivity index (χ2n) is 10.3. The lowest BCUT2D eigenvalue weighted by molar-refractivity contribution is 1.43. The van der Waals surface area contributed by atoms with Crippen molar-refractivity contribution >= 4 is 59.7 Å². The smallest absolute Gasteiger partial charge is 0.187 e. The van der Waals surface area contributed by atoms with Crippen molar-refractivity contribution in [1.29, 1.82) is 0 Å². The SMILES string of the molecule is [C-]#[N+]c1ccc2cc(-c3ccc(-c4nc5ccccc5c5c6ccccc6c6ccccc6c45)cc3)ccc2c1. The summed E-state index contributed by atoms with van der Waals surface area (Å²) < 4.78 is 0. The minimum absolute atomic E-state index is 0.667. The maximum absolute atomic E-state index is 7.29. The highest BCUT2D eigenvalue weighted by Gasteiger charge is 2.17. The maximum Gasteiger partial charge on any atom is 0.187 e. The monoisotopic (exact) mass is 506 g/mol. The highest BCUT2D eigenvalue weighted by molar-refractivity contribution is 6.33. The van der Waals surface area contributed by atoms with Crippen LogP contribution in [0.4, 0.5) is 5.69 Å². The van der Waals surface area contributed by atoms with Gasteiger partial charge in [0.15, 0.2) is 5.69 Å². The van der Waals surface area contributed by atoms with Gasteiger partial charge in [0.1, 0.15) is 0 Å². The Hall–Kier alpha value is -5.52. The lowest BCUT2D eigenvalue weighted by Crippen LogP contribution is -1.93. The molecule has 0 aliphatic rings. The van der Waals surface area contributed by atoms with E-state index in [4.69, 9.17) is 11.6 Å². The summed E-state index contributed by atoms with van der Waals surface area (Å²) in [6.45, 7) is 7.29. The number of para-hydroxylation sites is 1. The third-order valence-corrected chi connectivity index (χ3v) is 8.02. The Kier molecular flexibility index (Phi) is 4.92. The summed E-state index contributed by atoms with van der Waals surface area (Å²) in [5.41, 5.74) is 6.08. The number of nitrogens with zero attached hydrogens (tertiary/aromatic N) is 2. The van der Waals surface area contributed by atoms with Crippen LogP contribution in [-0.2, 0) is 0 Å². The molecule has 0 aliphatic carbocycles. The fourth-order valence-corrected chi connectivity index (χ4v) is 6.14. The quantitative estimate of drug-likeness (QED) is 0.168. The summed E-state index contributed by atoms with van der Waals surface area (Å²) in [7, 11) is 0. The van der Waals surface area contributed by atoms with Crippen molar-refractivity contribution in [3.8, 4) is 22.4 Å². The molecule has 8 aromatic rings. The van der Waals surface area contributed by atoms with Crippen molar-refractivity contribution in [2.75, 3.05) is 0 Å². The molecular weight excluding hydrogens is 484 g/mol. The van der Waals surface area contributed by atoms with Crippen LogP contribution in [0.3, 0.4) is 0 Å². The summed E-state index contributed by atoms with van der Waals surface area (Å²) in [6, 6.07) is 47.0. The zero-order valence-electron chi connectivity index (χ0n) is 21.6. The van der Waals surface area contributed by atoms with E-state index in [1.54, 1.807) is 0 Å². The van der Waals surface area contributed by atoms with Crippen LogP contribution < -0.4 is 0 Å². The number of rotatable bonds is 2. The Labute approximate surface area is 231 Å². The predicted molar refractivity (Wildman–Crippen MR) is 169 cm³/mol. The van der Waals surface area contributed by atoms with E-state index in [0.29, 0.717) is 5.69 Å². The van der Waals surface area contributed by atoms with Gasteiger partial charge in [-0.25, -0.2) is 9.83 Å². The van der Waals surface area contributed by atoms with Gasteiger partial charge < -0.3 is 0 Å². The number of fused-ring (bicyclic) bond motifs is 9. The number of aromatic nitrogens is 1. The minimum Gasteiger partial charge on any atom is -0.247 e. The Balaban J connectivity index is 1.37. The standard InChI is InChI=1S/C38H22N2/c1-39-29-21-20-27-22-26(18-19-28(27)23-29)24-14-16-25(17-15-24)38-37-33-11-5-3-9-31(33)30-8-2-4-10-32(30)36(37)34-12-6-7-13-35(34)40-38/h2-23H. The summed E-state index contributed by atoms with van der Waals surface area (Å²) in [5, 5.41) is 10.8. The van der Waals surface area contributed by atoms with Gasteiger partial charge in [-0.3, -0.25) is 0 Å². The van der Waals surface area contributed by atoms with E-state index < -0.39 is 0 Å². The Bertz CT molecular complexity index is 2320. The van der Waals surface area contributed by atoms with Gasteiger partial charge in [0.2, 0.25) is 0 Å². The third kappa shape index (κ3) is 3.39. The normalized spacial score (nSPS) is 11.5. The zero-order valence-corrected chi connectivity index (χ0v) is 21.6. The molecule has 40 heavy (non-hydrogen) atoms.